The van der Waals surface area contributed by atoms with E-state index in [2.05, 4.69) is 146 Å². The maximum absolute atomic E-state index is 5.24. The fourth-order valence-electron chi connectivity index (χ4n) is 7.45. The maximum Gasteiger partial charge on any atom is 0.160 e. The first-order valence-corrected chi connectivity index (χ1v) is 16.8. The number of aromatic nitrogens is 3. The minimum atomic E-state index is -0.121. The number of fused-ring (bicyclic) bond motifs is 4. The van der Waals surface area contributed by atoms with E-state index in [4.69, 9.17) is 9.97 Å². The highest BCUT2D eigenvalue weighted by atomic mass is 14.9. The van der Waals surface area contributed by atoms with E-state index in [-0.39, 0.29) is 5.41 Å². The monoisotopic (exact) mass is 627 g/mol. The number of hydrogen-bond acceptors (Lipinski definition) is 3. The number of hydrogen-bond donors (Lipinski definition) is 0. The summed E-state index contributed by atoms with van der Waals surface area (Å²) in [6.07, 6.45) is 3.69. The highest BCUT2D eigenvalue weighted by molar-refractivity contribution is 6.00. The molecule has 0 aliphatic heterocycles. The zero-order valence-corrected chi connectivity index (χ0v) is 27.4. The molecule has 6 aromatic carbocycles. The number of rotatable bonds is 5. The van der Waals surface area contributed by atoms with Crippen molar-refractivity contribution in [3.8, 4) is 67.3 Å². The van der Waals surface area contributed by atoms with Crippen LogP contribution in [0.25, 0.3) is 78.1 Å². The van der Waals surface area contributed by atoms with Gasteiger partial charge in [0.25, 0.3) is 0 Å². The van der Waals surface area contributed by atoms with Crippen LogP contribution in [0, 0.1) is 0 Å². The summed E-state index contributed by atoms with van der Waals surface area (Å²) in [4.78, 5) is 14.7. The van der Waals surface area contributed by atoms with Crippen LogP contribution in [0.2, 0.25) is 0 Å². The van der Waals surface area contributed by atoms with Crippen LogP contribution >= 0.6 is 0 Å². The third-order valence-corrected chi connectivity index (χ3v) is 9.99. The largest absolute Gasteiger partial charge is 0.264 e. The number of benzene rings is 6. The van der Waals surface area contributed by atoms with Crippen LogP contribution in [0.15, 0.2) is 164 Å². The Morgan fingerprint density at radius 1 is 0.429 bits per heavy atom. The van der Waals surface area contributed by atoms with Gasteiger partial charge in [0.15, 0.2) is 5.82 Å². The molecule has 0 atom stereocenters. The van der Waals surface area contributed by atoms with E-state index in [1.807, 2.05) is 30.5 Å². The highest BCUT2D eigenvalue weighted by Gasteiger charge is 2.37. The molecule has 1 aliphatic rings. The SMILES string of the molecule is CC1(C)c2cc3ccccc3cc2-c2c(-c3ccccc3-c3cc(-c4ccc(-c5cccnc5)cc4)nc(-c4ccccc4)n3)cccc21. The Morgan fingerprint density at radius 3 is 1.86 bits per heavy atom. The van der Waals surface area contributed by atoms with Crippen LogP contribution in [0.3, 0.4) is 0 Å². The molecule has 0 spiro atoms. The number of pyridine rings is 1. The van der Waals surface area contributed by atoms with Gasteiger partial charge in [0, 0.05) is 34.5 Å². The molecular formula is C46H33N3. The van der Waals surface area contributed by atoms with E-state index < -0.39 is 0 Å². The van der Waals surface area contributed by atoms with Gasteiger partial charge in [-0.25, -0.2) is 9.97 Å². The molecule has 3 heteroatoms. The van der Waals surface area contributed by atoms with E-state index in [0.717, 1.165) is 44.8 Å². The van der Waals surface area contributed by atoms with E-state index in [1.54, 1.807) is 6.20 Å². The second-order valence-electron chi connectivity index (χ2n) is 13.3. The first-order chi connectivity index (χ1) is 24.0. The predicted molar refractivity (Wildman–Crippen MR) is 202 cm³/mol. The molecule has 2 heterocycles. The molecular weight excluding hydrogens is 595 g/mol. The van der Waals surface area contributed by atoms with Crippen LogP contribution in [0.5, 0.6) is 0 Å². The van der Waals surface area contributed by atoms with Gasteiger partial charge in [-0.2, -0.15) is 0 Å². The molecule has 1 aliphatic carbocycles. The third-order valence-electron chi connectivity index (χ3n) is 9.99. The Kier molecular flexibility index (Phi) is 6.80. The molecule has 9 rings (SSSR count). The second kappa shape index (κ2) is 11.5. The molecule has 0 N–H and O–H groups in total. The predicted octanol–water partition coefficient (Wildman–Crippen LogP) is 11.7. The average Bonchev–Trinajstić information content (AvgIpc) is 3.39. The lowest BCUT2D eigenvalue weighted by Gasteiger charge is -2.22. The fraction of sp³-hybridized carbons (Fsp3) is 0.0652. The third kappa shape index (κ3) is 4.94. The molecule has 232 valence electrons. The van der Waals surface area contributed by atoms with E-state index in [9.17, 15) is 0 Å². The van der Waals surface area contributed by atoms with Gasteiger partial charge in [0.1, 0.15) is 0 Å². The summed E-state index contributed by atoms with van der Waals surface area (Å²) in [7, 11) is 0. The molecule has 0 fully saturated rings. The van der Waals surface area contributed by atoms with Gasteiger partial charge in [-0.3, -0.25) is 4.98 Å². The molecule has 0 amide bonds. The minimum Gasteiger partial charge on any atom is -0.264 e. The van der Waals surface area contributed by atoms with Crippen molar-refractivity contribution in [1.82, 2.24) is 15.0 Å². The highest BCUT2D eigenvalue weighted by Crippen LogP contribution is 2.54. The molecule has 0 radical (unpaired) electrons. The quantitative estimate of drug-likeness (QED) is 0.191. The van der Waals surface area contributed by atoms with E-state index >= 15 is 0 Å². The van der Waals surface area contributed by atoms with Crippen molar-refractivity contribution in [2.45, 2.75) is 19.3 Å². The lowest BCUT2D eigenvalue weighted by Crippen LogP contribution is -2.14. The van der Waals surface area contributed by atoms with Crippen molar-refractivity contribution < 1.29 is 0 Å². The second-order valence-corrected chi connectivity index (χ2v) is 13.3. The van der Waals surface area contributed by atoms with Gasteiger partial charge >= 0.3 is 0 Å². The van der Waals surface area contributed by atoms with Crippen molar-refractivity contribution in [1.29, 1.82) is 0 Å². The molecule has 8 aromatic rings. The van der Waals surface area contributed by atoms with Gasteiger partial charge in [-0.05, 0) is 79.5 Å². The van der Waals surface area contributed by atoms with E-state index in [0.29, 0.717) is 5.82 Å². The van der Waals surface area contributed by atoms with Crippen LogP contribution < -0.4 is 0 Å². The van der Waals surface area contributed by atoms with Crippen molar-refractivity contribution in [3.05, 3.63) is 175 Å². The fourth-order valence-corrected chi connectivity index (χ4v) is 7.45. The Labute approximate surface area is 286 Å². The van der Waals surface area contributed by atoms with Gasteiger partial charge in [-0.1, -0.05) is 141 Å². The van der Waals surface area contributed by atoms with E-state index in [1.165, 1.54) is 38.6 Å². The summed E-state index contributed by atoms with van der Waals surface area (Å²) in [5.41, 5.74) is 14.7. The number of nitrogens with zero attached hydrogens (tertiary/aromatic N) is 3. The average molecular weight is 628 g/mol. The van der Waals surface area contributed by atoms with Gasteiger partial charge < -0.3 is 0 Å². The van der Waals surface area contributed by atoms with Gasteiger partial charge in [-0.15, -0.1) is 0 Å². The molecule has 0 unspecified atom stereocenters. The lowest BCUT2D eigenvalue weighted by atomic mass is 9.81. The summed E-state index contributed by atoms with van der Waals surface area (Å²) >= 11 is 0. The topological polar surface area (TPSA) is 38.7 Å². The Balaban J connectivity index is 1.23. The molecule has 2 aromatic heterocycles. The summed E-state index contributed by atoms with van der Waals surface area (Å²) in [6.45, 7) is 4.70. The Hall–Kier alpha value is -6.19. The minimum absolute atomic E-state index is 0.121. The first-order valence-electron chi connectivity index (χ1n) is 16.8. The normalized spacial score (nSPS) is 12.9. The van der Waals surface area contributed by atoms with Crippen LogP contribution in [-0.4, -0.2) is 15.0 Å². The zero-order chi connectivity index (χ0) is 33.0. The van der Waals surface area contributed by atoms with Gasteiger partial charge in [0.2, 0.25) is 0 Å². The van der Waals surface area contributed by atoms with Crippen LogP contribution in [0.4, 0.5) is 0 Å². The molecule has 0 saturated heterocycles. The molecule has 0 bridgehead atoms. The standard InChI is InChI=1S/C46H33N3/c1-46(2)40-20-10-19-38(44(40)39-26-33-14-6-7-15-34(33)27-41(39)46)36-17-8-9-18-37(36)43-28-42(48-45(49-43)32-12-4-3-5-13-32)31-23-21-30(22-24-31)35-16-11-25-47-29-35/h3-29H,1-2H3. The van der Waals surface area contributed by atoms with Crippen LogP contribution in [0.1, 0.15) is 25.0 Å². The van der Waals surface area contributed by atoms with Crippen LogP contribution in [-0.2, 0) is 5.41 Å². The van der Waals surface area contributed by atoms with Crippen molar-refractivity contribution in [2.75, 3.05) is 0 Å². The smallest absolute Gasteiger partial charge is 0.160 e. The Bertz CT molecular complexity index is 2500. The molecule has 49 heavy (non-hydrogen) atoms. The van der Waals surface area contributed by atoms with Crippen molar-refractivity contribution in [3.63, 3.8) is 0 Å². The Morgan fingerprint density at radius 2 is 1.08 bits per heavy atom. The maximum atomic E-state index is 5.24. The summed E-state index contributed by atoms with van der Waals surface area (Å²) in [5.74, 6) is 0.704. The lowest BCUT2D eigenvalue weighted by molar-refractivity contribution is 0.661. The molecule has 3 nitrogen and oxygen atoms in total. The summed E-state index contributed by atoms with van der Waals surface area (Å²) < 4.78 is 0. The zero-order valence-electron chi connectivity index (χ0n) is 27.4. The summed E-state index contributed by atoms with van der Waals surface area (Å²) in [5, 5.41) is 2.54. The first kappa shape index (κ1) is 29.0. The summed E-state index contributed by atoms with van der Waals surface area (Å²) in [6, 6.07) is 53.9. The molecule has 0 saturated carbocycles. The van der Waals surface area contributed by atoms with Crippen molar-refractivity contribution in [2.24, 2.45) is 0 Å². The van der Waals surface area contributed by atoms with Gasteiger partial charge in [0.05, 0.1) is 11.4 Å². The van der Waals surface area contributed by atoms with Crippen molar-refractivity contribution >= 4 is 10.8 Å².